The van der Waals surface area contributed by atoms with Crippen molar-refractivity contribution in [3.05, 3.63) is 41.5 Å². The average Bonchev–Trinajstić information content (AvgIpc) is 2.57. The Morgan fingerprint density at radius 2 is 2.04 bits per heavy atom. The van der Waals surface area contributed by atoms with Gasteiger partial charge < -0.3 is 19.3 Å². The Morgan fingerprint density at radius 3 is 2.62 bits per heavy atom. The van der Waals surface area contributed by atoms with E-state index >= 15 is 0 Å². The molecule has 0 aromatic heterocycles. The van der Waals surface area contributed by atoms with Crippen molar-refractivity contribution in [3.63, 3.8) is 0 Å². The molecule has 0 spiro atoms. The maximum atomic E-state index is 10.9. The predicted octanol–water partition coefficient (Wildman–Crippen LogP) is 4.05. The molecule has 0 unspecified atom stereocenters. The molecular weight excluding hydrogens is 308 g/mol. The summed E-state index contributed by atoms with van der Waals surface area (Å²) in [4.78, 5) is 10.9. The Bertz CT molecular complexity index is 762. The minimum Gasteiger partial charge on any atom is -0.493 e. The van der Waals surface area contributed by atoms with Crippen LogP contribution in [-0.2, 0) is 9.53 Å². The largest absolute Gasteiger partial charge is 0.493 e. The molecule has 2 rings (SSSR count). The van der Waals surface area contributed by atoms with E-state index in [9.17, 15) is 4.79 Å². The number of aliphatic carboxylic acids is 1. The van der Waals surface area contributed by atoms with E-state index in [0.29, 0.717) is 11.5 Å². The van der Waals surface area contributed by atoms with Crippen LogP contribution in [0.4, 0.5) is 0 Å². The van der Waals surface area contributed by atoms with Gasteiger partial charge >= 0.3 is 5.97 Å². The van der Waals surface area contributed by atoms with Gasteiger partial charge in [0.1, 0.15) is 0 Å². The molecule has 0 bridgehead atoms. The Balaban J connectivity index is 2.82. The molecule has 0 amide bonds. The minimum absolute atomic E-state index is 0.0994. The van der Waals surface area contributed by atoms with Gasteiger partial charge in [-0.3, -0.25) is 0 Å². The highest BCUT2D eigenvalue weighted by molar-refractivity contribution is 6.01. The summed E-state index contributed by atoms with van der Waals surface area (Å²) in [6.07, 6.45) is 2.68. The molecule has 0 saturated heterocycles. The molecule has 2 aromatic rings. The second-order valence-corrected chi connectivity index (χ2v) is 5.64. The zero-order valence-electron chi connectivity index (χ0n) is 14.3. The monoisotopic (exact) mass is 330 g/mol. The van der Waals surface area contributed by atoms with Crippen LogP contribution in [0, 0.1) is 0 Å². The van der Waals surface area contributed by atoms with Crippen LogP contribution in [0.2, 0.25) is 0 Å². The highest BCUT2D eigenvalue weighted by Crippen LogP contribution is 2.42. The van der Waals surface area contributed by atoms with E-state index in [1.54, 1.807) is 26.4 Å². The van der Waals surface area contributed by atoms with Gasteiger partial charge in [-0.15, -0.1) is 0 Å². The maximum absolute atomic E-state index is 10.9. The maximum Gasteiger partial charge on any atom is 0.328 e. The number of fused-ring (bicyclic) bond motifs is 1. The number of hydrogen-bond donors (Lipinski definition) is 1. The summed E-state index contributed by atoms with van der Waals surface area (Å²) in [6, 6.07) is 7.72. The Hall–Kier alpha value is -2.53. The van der Waals surface area contributed by atoms with E-state index in [4.69, 9.17) is 19.3 Å². The van der Waals surface area contributed by atoms with Crippen molar-refractivity contribution in [2.24, 2.45) is 0 Å². The van der Waals surface area contributed by atoms with Crippen LogP contribution in [0.15, 0.2) is 30.3 Å². The summed E-state index contributed by atoms with van der Waals surface area (Å²) < 4.78 is 16.3. The lowest BCUT2D eigenvalue weighted by atomic mass is 9.92. The second kappa shape index (κ2) is 7.84. The number of methoxy groups -OCH3 is 2. The fourth-order valence-corrected chi connectivity index (χ4v) is 2.66. The van der Waals surface area contributed by atoms with Crippen molar-refractivity contribution in [1.82, 2.24) is 0 Å². The standard InChI is InChI=1S/C19H22O5/c1-12(2)14-6-5-7-15-13(8-9-17(20)21)10-16(23-4)19(18(14)15)24-11-22-3/h5-10,12H,11H2,1-4H3,(H,20,21)/b9-8-. The Kier molecular flexibility index (Phi) is 5.82. The van der Waals surface area contributed by atoms with Crippen molar-refractivity contribution in [1.29, 1.82) is 0 Å². The molecule has 0 fully saturated rings. The highest BCUT2D eigenvalue weighted by atomic mass is 16.7. The van der Waals surface area contributed by atoms with Crippen molar-refractivity contribution in [2.75, 3.05) is 21.0 Å². The van der Waals surface area contributed by atoms with Gasteiger partial charge in [-0.2, -0.15) is 0 Å². The van der Waals surface area contributed by atoms with Gasteiger partial charge in [0.25, 0.3) is 0 Å². The Labute approximate surface area is 141 Å². The number of hydrogen-bond acceptors (Lipinski definition) is 4. The number of carbonyl (C=O) groups is 1. The fraction of sp³-hybridized carbons (Fsp3) is 0.316. The molecule has 0 aliphatic heterocycles. The molecule has 1 N–H and O–H groups in total. The molecule has 5 nitrogen and oxygen atoms in total. The molecule has 24 heavy (non-hydrogen) atoms. The number of carboxylic acid groups (broad SMARTS) is 1. The summed E-state index contributed by atoms with van der Waals surface area (Å²) in [5.41, 5.74) is 1.86. The first-order valence-electron chi connectivity index (χ1n) is 7.66. The first-order chi connectivity index (χ1) is 11.5. The fourth-order valence-electron chi connectivity index (χ4n) is 2.66. The van der Waals surface area contributed by atoms with E-state index in [0.717, 1.165) is 28.0 Å². The van der Waals surface area contributed by atoms with Gasteiger partial charge in [0.2, 0.25) is 0 Å². The smallest absolute Gasteiger partial charge is 0.328 e. The van der Waals surface area contributed by atoms with Crippen LogP contribution >= 0.6 is 0 Å². The number of rotatable bonds is 7. The molecule has 0 radical (unpaired) electrons. The third-order valence-corrected chi connectivity index (χ3v) is 3.71. The molecule has 2 aromatic carbocycles. The van der Waals surface area contributed by atoms with Crippen LogP contribution in [-0.4, -0.2) is 32.1 Å². The second-order valence-electron chi connectivity index (χ2n) is 5.64. The van der Waals surface area contributed by atoms with Gasteiger partial charge in [-0.25, -0.2) is 4.79 Å². The first kappa shape index (κ1) is 17.8. The van der Waals surface area contributed by atoms with Crippen LogP contribution in [0.25, 0.3) is 16.8 Å². The molecule has 0 atom stereocenters. The molecule has 128 valence electrons. The van der Waals surface area contributed by atoms with Gasteiger partial charge in [0.15, 0.2) is 18.3 Å². The third kappa shape index (κ3) is 3.68. The van der Waals surface area contributed by atoms with Crippen LogP contribution in [0.1, 0.15) is 30.9 Å². The molecule has 0 saturated carbocycles. The summed E-state index contributed by atoms with van der Waals surface area (Å²) in [7, 11) is 3.12. The normalized spacial score (nSPS) is 11.4. The van der Waals surface area contributed by atoms with E-state index in [1.165, 1.54) is 0 Å². The Morgan fingerprint density at radius 1 is 1.29 bits per heavy atom. The quantitative estimate of drug-likeness (QED) is 0.613. The lowest BCUT2D eigenvalue weighted by Crippen LogP contribution is -2.04. The average molecular weight is 330 g/mol. The number of benzene rings is 2. The molecule has 0 aliphatic carbocycles. The van der Waals surface area contributed by atoms with E-state index in [2.05, 4.69) is 13.8 Å². The summed E-state index contributed by atoms with van der Waals surface area (Å²) >= 11 is 0. The SMILES string of the molecule is COCOc1c(OC)cc(/C=C\C(=O)O)c2cccc(C(C)C)c12. The predicted molar refractivity (Wildman–Crippen MR) is 93.8 cm³/mol. The van der Waals surface area contributed by atoms with Crippen molar-refractivity contribution in [2.45, 2.75) is 19.8 Å². The lowest BCUT2D eigenvalue weighted by Gasteiger charge is -2.19. The molecule has 0 aliphatic rings. The van der Waals surface area contributed by atoms with E-state index in [-0.39, 0.29) is 12.7 Å². The van der Waals surface area contributed by atoms with E-state index in [1.807, 2.05) is 18.2 Å². The van der Waals surface area contributed by atoms with Crippen molar-refractivity contribution < 1.29 is 24.1 Å². The zero-order valence-corrected chi connectivity index (χ0v) is 14.3. The van der Waals surface area contributed by atoms with Crippen molar-refractivity contribution in [3.8, 4) is 11.5 Å². The van der Waals surface area contributed by atoms with Crippen LogP contribution < -0.4 is 9.47 Å². The summed E-state index contributed by atoms with van der Waals surface area (Å²) in [6.45, 7) is 4.30. The zero-order chi connectivity index (χ0) is 17.7. The number of carboxylic acids is 1. The third-order valence-electron chi connectivity index (χ3n) is 3.71. The summed E-state index contributed by atoms with van der Waals surface area (Å²) in [5.74, 6) is 0.410. The molecular formula is C19H22O5. The van der Waals surface area contributed by atoms with Crippen LogP contribution in [0.5, 0.6) is 11.5 Å². The molecule has 0 heterocycles. The van der Waals surface area contributed by atoms with Gasteiger partial charge in [-0.1, -0.05) is 32.0 Å². The van der Waals surface area contributed by atoms with Gasteiger partial charge in [0, 0.05) is 18.6 Å². The number of ether oxygens (including phenoxy) is 3. The van der Waals surface area contributed by atoms with Gasteiger partial charge in [0.05, 0.1) is 7.11 Å². The first-order valence-corrected chi connectivity index (χ1v) is 7.66. The summed E-state index contributed by atoms with van der Waals surface area (Å²) in [5, 5.41) is 10.7. The van der Waals surface area contributed by atoms with Gasteiger partial charge in [-0.05, 0) is 34.6 Å². The van der Waals surface area contributed by atoms with E-state index < -0.39 is 5.97 Å². The lowest BCUT2D eigenvalue weighted by molar-refractivity contribution is -0.131. The molecule has 5 heteroatoms. The topological polar surface area (TPSA) is 65.0 Å². The van der Waals surface area contributed by atoms with Crippen molar-refractivity contribution >= 4 is 22.8 Å². The van der Waals surface area contributed by atoms with Crippen LogP contribution in [0.3, 0.4) is 0 Å². The highest BCUT2D eigenvalue weighted by Gasteiger charge is 2.18. The minimum atomic E-state index is -0.998.